The second-order valence-corrected chi connectivity index (χ2v) is 4.63. The zero-order valence-electron chi connectivity index (χ0n) is 10.9. The fourth-order valence-electron chi connectivity index (χ4n) is 2.64. The first kappa shape index (κ1) is 11.7. The Morgan fingerprint density at radius 1 is 1.32 bits per heavy atom. The number of carbonyl (C=O) groups excluding carboxylic acids is 2. The van der Waals surface area contributed by atoms with Crippen molar-refractivity contribution in [2.45, 2.75) is 13.8 Å². The summed E-state index contributed by atoms with van der Waals surface area (Å²) >= 11 is 0. The van der Waals surface area contributed by atoms with Gasteiger partial charge >= 0.3 is 0 Å². The molecular weight excluding hydrogens is 240 g/mol. The first-order valence-electron chi connectivity index (χ1n) is 6.28. The van der Waals surface area contributed by atoms with E-state index in [1.807, 2.05) is 37.3 Å². The van der Waals surface area contributed by atoms with Gasteiger partial charge in [-0.15, -0.1) is 0 Å². The molecule has 2 amide bonds. The third-order valence-electron chi connectivity index (χ3n) is 3.36. The minimum Gasteiger partial charge on any atom is -0.326 e. The van der Waals surface area contributed by atoms with E-state index >= 15 is 0 Å². The molecule has 0 fully saturated rings. The van der Waals surface area contributed by atoms with Gasteiger partial charge in [0.05, 0.1) is 5.69 Å². The normalized spacial score (nSPS) is 13.2. The van der Waals surface area contributed by atoms with Crippen LogP contribution in [0.15, 0.2) is 30.3 Å². The van der Waals surface area contributed by atoms with Crippen molar-refractivity contribution in [3.05, 3.63) is 35.9 Å². The van der Waals surface area contributed by atoms with Crippen molar-refractivity contribution in [2.24, 2.45) is 0 Å². The van der Waals surface area contributed by atoms with Crippen molar-refractivity contribution in [2.75, 3.05) is 16.8 Å². The molecule has 4 heteroatoms. The lowest BCUT2D eigenvalue weighted by Gasteiger charge is -2.15. The molecule has 96 valence electrons. The lowest BCUT2D eigenvalue weighted by atomic mass is 10.0. The number of amides is 2. The Morgan fingerprint density at radius 2 is 2.11 bits per heavy atom. The number of nitrogens with one attached hydrogen (secondary N) is 1. The van der Waals surface area contributed by atoms with Gasteiger partial charge in [0.15, 0.2) is 0 Å². The molecule has 3 rings (SSSR count). The number of hydrogen-bond donors (Lipinski definition) is 1. The summed E-state index contributed by atoms with van der Waals surface area (Å²) in [6, 6.07) is 9.44. The monoisotopic (exact) mass is 254 g/mol. The molecule has 19 heavy (non-hydrogen) atoms. The van der Waals surface area contributed by atoms with E-state index in [0.29, 0.717) is 6.54 Å². The van der Waals surface area contributed by atoms with E-state index in [1.54, 1.807) is 4.90 Å². The van der Waals surface area contributed by atoms with Gasteiger partial charge in [0.2, 0.25) is 5.91 Å². The molecular formula is C15H14N2O2. The Kier molecular flexibility index (Phi) is 2.52. The summed E-state index contributed by atoms with van der Waals surface area (Å²) in [6.07, 6.45) is 0. The number of rotatable bonds is 2. The maximum absolute atomic E-state index is 12.3. The molecule has 0 radical (unpaired) electrons. The molecule has 0 aromatic heterocycles. The minimum absolute atomic E-state index is 0.0306. The third-order valence-corrected chi connectivity index (χ3v) is 3.36. The van der Waals surface area contributed by atoms with Crippen LogP contribution in [0, 0.1) is 0 Å². The van der Waals surface area contributed by atoms with Crippen molar-refractivity contribution >= 4 is 34.0 Å². The van der Waals surface area contributed by atoms with E-state index in [2.05, 4.69) is 5.32 Å². The zero-order chi connectivity index (χ0) is 13.6. The van der Waals surface area contributed by atoms with Crippen LogP contribution in [0.3, 0.4) is 0 Å². The van der Waals surface area contributed by atoms with E-state index < -0.39 is 0 Å². The van der Waals surface area contributed by atoms with Gasteiger partial charge in [-0.1, -0.05) is 12.1 Å². The van der Waals surface area contributed by atoms with Crippen LogP contribution in [-0.4, -0.2) is 18.4 Å². The van der Waals surface area contributed by atoms with Gasteiger partial charge in [-0.05, 0) is 30.5 Å². The number of benzene rings is 2. The molecule has 1 heterocycles. The smallest absolute Gasteiger partial charge is 0.258 e. The van der Waals surface area contributed by atoms with Crippen LogP contribution in [-0.2, 0) is 4.79 Å². The summed E-state index contributed by atoms with van der Waals surface area (Å²) in [6.45, 7) is 4.04. The second-order valence-electron chi connectivity index (χ2n) is 4.63. The Bertz CT molecular complexity index is 707. The first-order valence-corrected chi connectivity index (χ1v) is 6.28. The Morgan fingerprint density at radius 3 is 2.79 bits per heavy atom. The molecule has 0 aliphatic carbocycles. The van der Waals surface area contributed by atoms with E-state index in [4.69, 9.17) is 0 Å². The predicted molar refractivity (Wildman–Crippen MR) is 75.6 cm³/mol. The maximum Gasteiger partial charge on any atom is 0.258 e. The summed E-state index contributed by atoms with van der Waals surface area (Å²) in [7, 11) is 0. The van der Waals surface area contributed by atoms with Crippen molar-refractivity contribution in [1.82, 2.24) is 0 Å². The third kappa shape index (κ3) is 1.68. The first-order chi connectivity index (χ1) is 9.11. The van der Waals surface area contributed by atoms with Gasteiger partial charge < -0.3 is 10.2 Å². The van der Waals surface area contributed by atoms with E-state index in [0.717, 1.165) is 27.7 Å². The highest BCUT2D eigenvalue weighted by Crippen LogP contribution is 2.39. The zero-order valence-corrected chi connectivity index (χ0v) is 10.9. The van der Waals surface area contributed by atoms with Crippen molar-refractivity contribution in [1.29, 1.82) is 0 Å². The van der Waals surface area contributed by atoms with E-state index in [9.17, 15) is 9.59 Å². The lowest BCUT2D eigenvalue weighted by molar-refractivity contribution is -0.114. The number of anilines is 2. The average Bonchev–Trinajstić information content (AvgIpc) is 2.63. The maximum atomic E-state index is 12.3. The number of carbonyl (C=O) groups is 2. The quantitative estimate of drug-likeness (QED) is 0.895. The molecule has 2 aromatic carbocycles. The standard InChI is InChI=1S/C15H14N2O2/c1-3-17-13-8-11(16-9(2)18)7-10-5-4-6-12(14(10)13)15(17)19/h4-8H,3H2,1-2H3,(H,16,18). The molecule has 0 spiro atoms. The van der Waals surface area contributed by atoms with Crippen LogP contribution in [0.1, 0.15) is 24.2 Å². The van der Waals surface area contributed by atoms with Crippen LogP contribution < -0.4 is 10.2 Å². The highest BCUT2D eigenvalue weighted by Gasteiger charge is 2.28. The fourth-order valence-corrected chi connectivity index (χ4v) is 2.64. The van der Waals surface area contributed by atoms with E-state index in [-0.39, 0.29) is 11.8 Å². The summed E-state index contributed by atoms with van der Waals surface area (Å²) in [5, 5.41) is 4.73. The largest absolute Gasteiger partial charge is 0.326 e. The minimum atomic E-state index is -0.116. The van der Waals surface area contributed by atoms with Crippen LogP contribution in [0.2, 0.25) is 0 Å². The topological polar surface area (TPSA) is 49.4 Å². The average molecular weight is 254 g/mol. The molecule has 0 bridgehead atoms. The Labute approximate surface area is 111 Å². The predicted octanol–water partition coefficient (Wildman–Crippen LogP) is 2.78. The summed E-state index contributed by atoms with van der Waals surface area (Å²) < 4.78 is 0. The number of hydrogen-bond acceptors (Lipinski definition) is 2. The Hall–Kier alpha value is -2.36. The van der Waals surface area contributed by atoms with Gasteiger partial charge in [0, 0.05) is 30.1 Å². The molecule has 1 aliphatic rings. The molecule has 1 aliphatic heterocycles. The van der Waals surface area contributed by atoms with Gasteiger partial charge in [-0.25, -0.2) is 0 Å². The summed E-state index contributed by atoms with van der Waals surface area (Å²) in [5.74, 6) is -0.0850. The SMILES string of the molecule is CCN1C(=O)c2cccc3cc(NC(C)=O)cc1c23. The summed E-state index contributed by atoms with van der Waals surface area (Å²) in [4.78, 5) is 25.2. The van der Waals surface area contributed by atoms with Crippen molar-refractivity contribution in [3.8, 4) is 0 Å². The van der Waals surface area contributed by atoms with Crippen LogP contribution >= 0.6 is 0 Å². The van der Waals surface area contributed by atoms with E-state index in [1.165, 1.54) is 6.92 Å². The molecule has 0 atom stereocenters. The van der Waals surface area contributed by atoms with Gasteiger partial charge in [0.1, 0.15) is 0 Å². The van der Waals surface area contributed by atoms with Crippen LogP contribution in [0.4, 0.5) is 11.4 Å². The number of nitrogens with zero attached hydrogens (tertiary/aromatic N) is 1. The Balaban J connectivity index is 2.27. The highest BCUT2D eigenvalue weighted by atomic mass is 16.2. The fraction of sp³-hybridized carbons (Fsp3) is 0.200. The lowest BCUT2D eigenvalue weighted by Crippen LogP contribution is -2.26. The van der Waals surface area contributed by atoms with Crippen molar-refractivity contribution < 1.29 is 9.59 Å². The summed E-state index contributed by atoms with van der Waals surface area (Å²) in [5.41, 5.74) is 2.34. The van der Waals surface area contributed by atoms with Crippen LogP contribution in [0.5, 0.6) is 0 Å². The van der Waals surface area contributed by atoms with Crippen molar-refractivity contribution in [3.63, 3.8) is 0 Å². The molecule has 0 saturated carbocycles. The highest BCUT2D eigenvalue weighted by molar-refractivity contribution is 6.25. The molecule has 0 saturated heterocycles. The van der Waals surface area contributed by atoms with Gasteiger partial charge in [-0.3, -0.25) is 9.59 Å². The molecule has 2 aromatic rings. The van der Waals surface area contributed by atoms with Gasteiger partial charge in [0.25, 0.3) is 5.91 Å². The van der Waals surface area contributed by atoms with Crippen LogP contribution in [0.25, 0.3) is 10.8 Å². The molecule has 0 unspecified atom stereocenters. The molecule has 4 nitrogen and oxygen atoms in total. The second kappa shape index (κ2) is 4.09. The molecule has 1 N–H and O–H groups in total. The van der Waals surface area contributed by atoms with Gasteiger partial charge in [-0.2, -0.15) is 0 Å².